The first-order valence-corrected chi connectivity index (χ1v) is 8.53. The molecule has 0 spiro atoms. The summed E-state index contributed by atoms with van der Waals surface area (Å²) in [7, 11) is 0. The maximum absolute atomic E-state index is 3.80. The lowest BCUT2D eigenvalue weighted by atomic mass is 9.78. The number of hydrogen-bond donors (Lipinski definition) is 1. The van der Waals surface area contributed by atoms with E-state index in [2.05, 4.69) is 55.6 Å². The molecule has 1 N–H and O–H groups in total. The molecule has 1 nitrogen and oxygen atoms in total. The summed E-state index contributed by atoms with van der Waals surface area (Å²) < 4.78 is 0. The van der Waals surface area contributed by atoms with Gasteiger partial charge in [-0.05, 0) is 54.1 Å². The number of fused-ring (bicyclic) bond motifs is 1. The van der Waals surface area contributed by atoms with Crippen LogP contribution in [0.4, 0.5) is 0 Å². The van der Waals surface area contributed by atoms with Gasteiger partial charge in [0.1, 0.15) is 0 Å². The Hall–Kier alpha value is -1.34. The van der Waals surface area contributed by atoms with E-state index < -0.39 is 0 Å². The fourth-order valence-corrected chi connectivity index (χ4v) is 4.01. The number of benzene rings is 2. The van der Waals surface area contributed by atoms with Crippen LogP contribution in [-0.2, 0) is 0 Å². The van der Waals surface area contributed by atoms with E-state index in [0.29, 0.717) is 6.04 Å². The third-order valence-corrected chi connectivity index (χ3v) is 5.04. The molecule has 0 amide bonds. The summed E-state index contributed by atoms with van der Waals surface area (Å²) in [6.45, 7) is 5.55. The topological polar surface area (TPSA) is 12.0 Å². The fourth-order valence-electron chi connectivity index (χ4n) is 4.01. The maximum Gasteiger partial charge on any atom is 0.0357 e. The van der Waals surface area contributed by atoms with E-state index in [-0.39, 0.29) is 0 Å². The smallest absolute Gasteiger partial charge is 0.0357 e. The average molecular weight is 281 g/mol. The van der Waals surface area contributed by atoms with E-state index in [9.17, 15) is 0 Å². The summed E-state index contributed by atoms with van der Waals surface area (Å²) in [5, 5.41) is 6.61. The average Bonchev–Trinajstić information content (AvgIpc) is 2.54. The highest BCUT2D eigenvalue weighted by Crippen LogP contribution is 2.38. The van der Waals surface area contributed by atoms with Crippen LogP contribution in [0.15, 0.2) is 36.4 Å². The van der Waals surface area contributed by atoms with Gasteiger partial charge in [-0.2, -0.15) is 0 Å². The van der Waals surface area contributed by atoms with Gasteiger partial charge in [-0.15, -0.1) is 0 Å². The summed E-state index contributed by atoms with van der Waals surface area (Å²) in [6.07, 6.45) is 6.97. The van der Waals surface area contributed by atoms with E-state index in [1.807, 2.05) is 0 Å². The van der Waals surface area contributed by atoms with Crippen LogP contribution < -0.4 is 5.32 Å². The van der Waals surface area contributed by atoms with Crippen molar-refractivity contribution in [2.75, 3.05) is 6.54 Å². The normalized spacial score (nSPS) is 18.0. The van der Waals surface area contributed by atoms with Crippen LogP contribution in [0, 0.1) is 12.8 Å². The zero-order valence-electron chi connectivity index (χ0n) is 13.4. The SMILES string of the molecule is CCNC(c1c(C)ccc2ccccc12)C1CCCCC1. The molecule has 0 saturated heterocycles. The van der Waals surface area contributed by atoms with Gasteiger partial charge in [-0.25, -0.2) is 0 Å². The number of nitrogens with one attached hydrogen (secondary N) is 1. The molecule has 112 valence electrons. The van der Waals surface area contributed by atoms with Crippen LogP contribution >= 0.6 is 0 Å². The van der Waals surface area contributed by atoms with E-state index >= 15 is 0 Å². The van der Waals surface area contributed by atoms with Crippen molar-refractivity contribution in [3.05, 3.63) is 47.5 Å². The summed E-state index contributed by atoms with van der Waals surface area (Å²) in [4.78, 5) is 0. The predicted molar refractivity (Wildman–Crippen MR) is 91.7 cm³/mol. The van der Waals surface area contributed by atoms with Crippen LogP contribution in [0.3, 0.4) is 0 Å². The number of rotatable bonds is 4. The summed E-state index contributed by atoms with van der Waals surface area (Å²) >= 11 is 0. The molecular formula is C20H27N. The van der Waals surface area contributed by atoms with Crippen molar-refractivity contribution in [1.82, 2.24) is 5.32 Å². The molecule has 1 saturated carbocycles. The highest BCUT2D eigenvalue weighted by molar-refractivity contribution is 5.87. The largest absolute Gasteiger partial charge is 0.310 e. The third-order valence-electron chi connectivity index (χ3n) is 5.04. The molecule has 0 aromatic heterocycles. The van der Waals surface area contributed by atoms with Crippen molar-refractivity contribution in [3.8, 4) is 0 Å². The second-order valence-electron chi connectivity index (χ2n) is 6.45. The van der Waals surface area contributed by atoms with Gasteiger partial charge in [0.2, 0.25) is 0 Å². The zero-order valence-corrected chi connectivity index (χ0v) is 13.4. The third kappa shape index (κ3) is 2.98. The monoisotopic (exact) mass is 281 g/mol. The first-order chi connectivity index (χ1) is 10.3. The van der Waals surface area contributed by atoms with Gasteiger partial charge in [-0.3, -0.25) is 0 Å². The lowest BCUT2D eigenvalue weighted by Crippen LogP contribution is -2.30. The lowest BCUT2D eigenvalue weighted by Gasteiger charge is -2.33. The Morgan fingerprint density at radius 1 is 1.05 bits per heavy atom. The molecule has 2 aromatic rings. The highest BCUT2D eigenvalue weighted by atomic mass is 14.9. The predicted octanol–water partition coefficient (Wildman–Crippen LogP) is 5.38. The Kier molecular flexibility index (Phi) is 4.60. The molecule has 2 aromatic carbocycles. The molecular weight excluding hydrogens is 254 g/mol. The van der Waals surface area contributed by atoms with E-state index in [0.717, 1.165) is 12.5 Å². The van der Waals surface area contributed by atoms with E-state index in [1.165, 1.54) is 48.4 Å². The molecule has 1 heteroatoms. The van der Waals surface area contributed by atoms with Crippen LogP contribution in [0.5, 0.6) is 0 Å². The van der Waals surface area contributed by atoms with Crippen molar-refractivity contribution in [1.29, 1.82) is 0 Å². The van der Waals surface area contributed by atoms with Gasteiger partial charge in [-0.1, -0.05) is 62.6 Å². The maximum atomic E-state index is 3.80. The van der Waals surface area contributed by atoms with Crippen LogP contribution in [0.25, 0.3) is 10.8 Å². The molecule has 3 rings (SSSR count). The zero-order chi connectivity index (χ0) is 14.7. The van der Waals surface area contributed by atoms with Crippen LogP contribution in [-0.4, -0.2) is 6.54 Å². The van der Waals surface area contributed by atoms with Gasteiger partial charge in [0.25, 0.3) is 0 Å². The van der Waals surface area contributed by atoms with Gasteiger partial charge in [0, 0.05) is 6.04 Å². The Labute approximate surface area is 128 Å². The van der Waals surface area contributed by atoms with Crippen LogP contribution in [0.1, 0.15) is 56.2 Å². The molecule has 1 unspecified atom stereocenters. The van der Waals surface area contributed by atoms with Gasteiger partial charge in [0.05, 0.1) is 0 Å². The second kappa shape index (κ2) is 6.62. The first-order valence-electron chi connectivity index (χ1n) is 8.53. The minimum atomic E-state index is 0.515. The Morgan fingerprint density at radius 2 is 1.81 bits per heavy atom. The Bertz CT molecular complexity index is 596. The summed E-state index contributed by atoms with van der Waals surface area (Å²) in [5.41, 5.74) is 2.98. The van der Waals surface area contributed by atoms with Gasteiger partial charge >= 0.3 is 0 Å². The molecule has 0 radical (unpaired) electrons. The molecule has 0 heterocycles. The molecule has 1 aliphatic carbocycles. The van der Waals surface area contributed by atoms with Crippen molar-refractivity contribution < 1.29 is 0 Å². The second-order valence-corrected chi connectivity index (χ2v) is 6.45. The number of aryl methyl sites for hydroxylation is 1. The van der Waals surface area contributed by atoms with Crippen molar-refractivity contribution in [2.45, 2.75) is 52.0 Å². The van der Waals surface area contributed by atoms with Crippen LogP contribution in [0.2, 0.25) is 0 Å². The van der Waals surface area contributed by atoms with Crippen molar-refractivity contribution in [2.24, 2.45) is 5.92 Å². The van der Waals surface area contributed by atoms with Gasteiger partial charge in [0.15, 0.2) is 0 Å². The highest BCUT2D eigenvalue weighted by Gasteiger charge is 2.26. The molecule has 1 fully saturated rings. The fraction of sp³-hybridized carbons (Fsp3) is 0.500. The summed E-state index contributed by atoms with van der Waals surface area (Å²) in [5.74, 6) is 0.795. The van der Waals surface area contributed by atoms with E-state index in [4.69, 9.17) is 0 Å². The van der Waals surface area contributed by atoms with Crippen molar-refractivity contribution >= 4 is 10.8 Å². The molecule has 0 bridgehead atoms. The first kappa shape index (κ1) is 14.6. The molecule has 0 aliphatic heterocycles. The Balaban J connectivity index is 2.07. The molecule has 1 atom stereocenters. The van der Waals surface area contributed by atoms with Gasteiger partial charge < -0.3 is 5.32 Å². The Morgan fingerprint density at radius 3 is 2.57 bits per heavy atom. The quantitative estimate of drug-likeness (QED) is 0.793. The minimum Gasteiger partial charge on any atom is -0.310 e. The minimum absolute atomic E-state index is 0.515. The van der Waals surface area contributed by atoms with E-state index in [1.54, 1.807) is 5.56 Å². The molecule has 21 heavy (non-hydrogen) atoms. The standard InChI is InChI=1S/C20H27N/c1-3-21-20(17-10-5-4-6-11-17)19-15(2)13-14-16-9-7-8-12-18(16)19/h7-9,12-14,17,20-21H,3-6,10-11H2,1-2H3. The number of hydrogen-bond acceptors (Lipinski definition) is 1. The lowest BCUT2D eigenvalue weighted by molar-refractivity contribution is 0.275. The van der Waals surface area contributed by atoms with Crippen molar-refractivity contribution in [3.63, 3.8) is 0 Å². The molecule has 1 aliphatic rings. The summed E-state index contributed by atoms with van der Waals surface area (Å²) in [6, 6.07) is 13.9.